The standard InChI is InChI=1S/C36H47N3O4S/c1-27-17-20-31(21-18-27)26-38(34(25-30-12-7-5-8-13-30)36(41)37-32-14-9-6-10-15-32)35(40)16-11-23-39(44(4,42)43)33-22-19-28(2)29(3)24-33/h5,7-8,12-13,17-22,24,32,34H,6,9-11,14-16,23,25-26H2,1-4H3,(H,37,41). The maximum atomic E-state index is 14.1. The highest BCUT2D eigenvalue weighted by molar-refractivity contribution is 7.92. The molecule has 0 aromatic heterocycles. The fraction of sp³-hybridized carbons (Fsp3) is 0.444. The largest absolute Gasteiger partial charge is 0.352 e. The molecule has 0 radical (unpaired) electrons. The van der Waals surface area contributed by atoms with Gasteiger partial charge in [0.2, 0.25) is 21.8 Å². The van der Waals surface area contributed by atoms with Crippen molar-refractivity contribution in [1.82, 2.24) is 10.2 Å². The van der Waals surface area contributed by atoms with Crippen molar-refractivity contribution in [2.75, 3.05) is 17.1 Å². The Hall–Kier alpha value is -3.65. The van der Waals surface area contributed by atoms with Gasteiger partial charge in [0.25, 0.3) is 0 Å². The fourth-order valence-corrected chi connectivity index (χ4v) is 6.83. The molecule has 1 aliphatic rings. The first kappa shape index (κ1) is 33.2. The van der Waals surface area contributed by atoms with Gasteiger partial charge in [-0.05, 0) is 74.4 Å². The second-order valence-corrected chi connectivity index (χ2v) is 14.2. The molecule has 4 rings (SSSR count). The molecule has 0 bridgehead atoms. The SMILES string of the molecule is Cc1ccc(CN(C(=O)CCCN(c2ccc(C)c(C)c2)S(C)(=O)=O)C(Cc2ccccc2)C(=O)NC2CCCCC2)cc1. The van der Waals surface area contributed by atoms with E-state index in [1.807, 2.05) is 87.5 Å². The summed E-state index contributed by atoms with van der Waals surface area (Å²) in [6, 6.07) is 22.9. The van der Waals surface area contributed by atoms with Crippen LogP contribution in [0.5, 0.6) is 0 Å². The van der Waals surface area contributed by atoms with Crippen LogP contribution in [0.15, 0.2) is 72.8 Å². The molecule has 8 heteroatoms. The van der Waals surface area contributed by atoms with Gasteiger partial charge in [0.05, 0.1) is 11.9 Å². The van der Waals surface area contributed by atoms with Gasteiger partial charge in [-0.15, -0.1) is 0 Å². The highest BCUT2D eigenvalue weighted by atomic mass is 32.2. The molecule has 1 fully saturated rings. The average Bonchev–Trinajstić information content (AvgIpc) is 3.00. The van der Waals surface area contributed by atoms with Crippen LogP contribution in [-0.4, -0.2) is 50.0 Å². The van der Waals surface area contributed by atoms with Crippen molar-refractivity contribution in [3.8, 4) is 0 Å². The third-order valence-corrected chi connectivity index (χ3v) is 9.82. The van der Waals surface area contributed by atoms with Crippen LogP contribution in [0.4, 0.5) is 5.69 Å². The molecule has 236 valence electrons. The number of sulfonamides is 1. The molecule has 1 unspecified atom stereocenters. The molecule has 0 aliphatic heterocycles. The monoisotopic (exact) mass is 617 g/mol. The number of anilines is 1. The lowest BCUT2D eigenvalue weighted by Crippen LogP contribution is -2.52. The second-order valence-electron chi connectivity index (χ2n) is 12.3. The van der Waals surface area contributed by atoms with Gasteiger partial charge in [0, 0.05) is 32.0 Å². The quantitative estimate of drug-likeness (QED) is 0.246. The number of nitrogens with one attached hydrogen (secondary N) is 1. The van der Waals surface area contributed by atoms with Crippen molar-refractivity contribution in [3.05, 3.63) is 101 Å². The second kappa shape index (κ2) is 15.4. The van der Waals surface area contributed by atoms with E-state index < -0.39 is 16.1 Å². The number of amides is 2. The Morgan fingerprint density at radius 3 is 2.18 bits per heavy atom. The van der Waals surface area contributed by atoms with Crippen molar-refractivity contribution < 1.29 is 18.0 Å². The molecular weight excluding hydrogens is 570 g/mol. The summed E-state index contributed by atoms with van der Waals surface area (Å²) >= 11 is 0. The summed E-state index contributed by atoms with van der Waals surface area (Å²) in [6.07, 6.45) is 7.31. The lowest BCUT2D eigenvalue weighted by atomic mass is 9.94. The molecule has 0 spiro atoms. The minimum absolute atomic E-state index is 0.116. The van der Waals surface area contributed by atoms with E-state index in [2.05, 4.69) is 5.32 Å². The van der Waals surface area contributed by atoms with E-state index in [4.69, 9.17) is 0 Å². The summed E-state index contributed by atoms with van der Waals surface area (Å²) in [7, 11) is -3.56. The summed E-state index contributed by atoms with van der Waals surface area (Å²) in [5, 5.41) is 3.27. The predicted molar refractivity (Wildman–Crippen MR) is 178 cm³/mol. The predicted octanol–water partition coefficient (Wildman–Crippen LogP) is 6.25. The Kier molecular flexibility index (Phi) is 11.6. The van der Waals surface area contributed by atoms with Gasteiger partial charge in [-0.2, -0.15) is 0 Å². The van der Waals surface area contributed by atoms with Gasteiger partial charge in [-0.1, -0.05) is 85.5 Å². The molecule has 0 saturated heterocycles. The molecule has 1 N–H and O–H groups in total. The summed E-state index contributed by atoms with van der Waals surface area (Å²) < 4.78 is 26.9. The first-order valence-electron chi connectivity index (χ1n) is 15.8. The number of benzene rings is 3. The number of nitrogens with zero attached hydrogens (tertiary/aromatic N) is 2. The molecule has 1 saturated carbocycles. The van der Waals surface area contributed by atoms with E-state index in [0.29, 0.717) is 25.1 Å². The van der Waals surface area contributed by atoms with E-state index in [-0.39, 0.29) is 30.8 Å². The Morgan fingerprint density at radius 2 is 1.55 bits per heavy atom. The Bertz CT molecular complexity index is 1500. The summed E-state index contributed by atoms with van der Waals surface area (Å²) in [5.74, 6) is -0.298. The van der Waals surface area contributed by atoms with Crippen molar-refractivity contribution >= 4 is 27.5 Å². The minimum atomic E-state index is -3.56. The topological polar surface area (TPSA) is 86.8 Å². The number of hydrogen-bond donors (Lipinski definition) is 1. The van der Waals surface area contributed by atoms with Crippen molar-refractivity contribution in [2.24, 2.45) is 0 Å². The van der Waals surface area contributed by atoms with E-state index in [1.54, 1.807) is 11.0 Å². The van der Waals surface area contributed by atoms with Crippen molar-refractivity contribution in [1.29, 1.82) is 0 Å². The summed E-state index contributed by atoms with van der Waals surface area (Å²) in [4.78, 5) is 29.8. The first-order chi connectivity index (χ1) is 21.0. The third kappa shape index (κ3) is 9.42. The van der Waals surface area contributed by atoms with E-state index in [9.17, 15) is 18.0 Å². The van der Waals surface area contributed by atoms with Crippen LogP contribution in [0.3, 0.4) is 0 Å². The van der Waals surface area contributed by atoms with E-state index in [1.165, 1.54) is 17.0 Å². The van der Waals surface area contributed by atoms with Crippen LogP contribution in [-0.2, 0) is 32.6 Å². The molecule has 1 atom stereocenters. The Labute approximate surface area is 263 Å². The maximum Gasteiger partial charge on any atom is 0.243 e. The smallest absolute Gasteiger partial charge is 0.243 e. The number of carbonyl (C=O) groups excluding carboxylic acids is 2. The summed E-state index contributed by atoms with van der Waals surface area (Å²) in [6.45, 7) is 6.43. The van der Waals surface area contributed by atoms with Gasteiger partial charge >= 0.3 is 0 Å². The molecule has 1 aliphatic carbocycles. The van der Waals surface area contributed by atoms with Gasteiger partial charge in [0.1, 0.15) is 6.04 Å². The van der Waals surface area contributed by atoms with Crippen LogP contribution >= 0.6 is 0 Å². The Balaban J connectivity index is 1.59. The molecule has 44 heavy (non-hydrogen) atoms. The number of hydrogen-bond acceptors (Lipinski definition) is 4. The van der Waals surface area contributed by atoms with Gasteiger partial charge in [-0.25, -0.2) is 8.42 Å². The van der Waals surface area contributed by atoms with Crippen LogP contribution in [0.25, 0.3) is 0 Å². The van der Waals surface area contributed by atoms with Crippen molar-refractivity contribution in [2.45, 2.75) is 90.8 Å². The lowest BCUT2D eigenvalue weighted by Gasteiger charge is -2.34. The molecule has 7 nitrogen and oxygen atoms in total. The molecule has 0 heterocycles. The molecule has 3 aromatic carbocycles. The minimum Gasteiger partial charge on any atom is -0.352 e. The van der Waals surface area contributed by atoms with Crippen LogP contribution in [0.1, 0.15) is 72.8 Å². The van der Waals surface area contributed by atoms with Crippen LogP contribution in [0, 0.1) is 20.8 Å². The third-order valence-electron chi connectivity index (χ3n) is 8.63. The van der Waals surface area contributed by atoms with Gasteiger partial charge in [0.15, 0.2) is 0 Å². The highest BCUT2D eigenvalue weighted by Crippen LogP contribution is 2.23. The van der Waals surface area contributed by atoms with Gasteiger partial charge < -0.3 is 10.2 Å². The highest BCUT2D eigenvalue weighted by Gasteiger charge is 2.32. The number of rotatable bonds is 13. The van der Waals surface area contributed by atoms with E-state index >= 15 is 0 Å². The van der Waals surface area contributed by atoms with Crippen LogP contribution < -0.4 is 9.62 Å². The zero-order valence-corrected chi connectivity index (χ0v) is 27.4. The number of aryl methyl sites for hydroxylation is 3. The average molecular weight is 618 g/mol. The maximum absolute atomic E-state index is 14.1. The Morgan fingerprint density at radius 1 is 0.864 bits per heavy atom. The van der Waals surface area contributed by atoms with Crippen LogP contribution in [0.2, 0.25) is 0 Å². The normalized spacial score (nSPS) is 14.5. The fourth-order valence-electron chi connectivity index (χ4n) is 5.87. The van der Waals surface area contributed by atoms with Gasteiger partial charge in [-0.3, -0.25) is 13.9 Å². The van der Waals surface area contributed by atoms with E-state index in [0.717, 1.165) is 53.5 Å². The molecule has 3 aromatic rings. The summed E-state index contributed by atoms with van der Waals surface area (Å²) in [5.41, 5.74) is 5.73. The first-order valence-corrected chi connectivity index (χ1v) is 17.6. The van der Waals surface area contributed by atoms with Crippen molar-refractivity contribution in [3.63, 3.8) is 0 Å². The molecular formula is C36H47N3O4S. The lowest BCUT2D eigenvalue weighted by molar-refractivity contribution is -0.141. The molecule has 2 amide bonds. The number of carbonyl (C=O) groups is 2. The zero-order chi connectivity index (χ0) is 31.7. The zero-order valence-electron chi connectivity index (χ0n) is 26.6.